The lowest BCUT2D eigenvalue weighted by Crippen LogP contribution is -2.16. The van der Waals surface area contributed by atoms with E-state index in [0.29, 0.717) is 6.61 Å². The predicted octanol–water partition coefficient (Wildman–Crippen LogP) is 4.28. The molecule has 2 aromatic rings. The van der Waals surface area contributed by atoms with Gasteiger partial charge in [-0.15, -0.1) is 0 Å². The maximum Gasteiger partial charge on any atom is 0.123 e. The van der Waals surface area contributed by atoms with Crippen LogP contribution in [0.1, 0.15) is 24.4 Å². The van der Waals surface area contributed by atoms with Gasteiger partial charge in [-0.3, -0.25) is 9.97 Å². The number of hydrogen-bond acceptors (Lipinski definition) is 6. The molecule has 0 aliphatic rings. The van der Waals surface area contributed by atoms with E-state index in [2.05, 4.69) is 23.0 Å². The third-order valence-electron chi connectivity index (χ3n) is 3.64. The Morgan fingerprint density at radius 2 is 1.73 bits per heavy atom. The first-order valence-corrected chi connectivity index (χ1v) is 11.4. The molecular formula is C20H28N2O2S2. The van der Waals surface area contributed by atoms with Crippen LogP contribution in [0, 0.1) is 0 Å². The Labute approximate surface area is 165 Å². The normalized spacial score (nSPS) is 12.2. The second-order valence-electron chi connectivity index (χ2n) is 5.57. The summed E-state index contributed by atoms with van der Waals surface area (Å²) < 4.78 is 11.8. The number of aromatic nitrogens is 2. The van der Waals surface area contributed by atoms with Crippen molar-refractivity contribution in [3.05, 3.63) is 60.2 Å². The standard InChI is InChI=1S/C20H28N2O2S2/c1-2-25-16-13-24-20(19-8-4-6-11-22-19)17-23-12-15-26-14-9-18-7-3-5-10-21-18/h3-8,10-11,20H,2,9,12-17H2,1H3. The number of pyridine rings is 2. The highest BCUT2D eigenvalue weighted by molar-refractivity contribution is 7.99. The summed E-state index contributed by atoms with van der Waals surface area (Å²) in [6.07, 6.45) is 4.56. The van der Waals surface area contributed by atoms with Crippen LogP contribution in [-0.2, 0) is 15.9 Å². The van der Waals surface area contributed by atoms with Crippen molar-refractivity contribution in [1.82, 2.24) is 9.97 Å². The zero-order valence-corrected chi connectivity index (χ0v) is 17.0. The lowest BCUT2D eigenvalue weighted by atomic mass is 10.2. The lowest BCUT2D eigenvalue weighted by molar-refractivity contribution is -0.0102. The predicted molar refractivity (Wildman–Crippen MR) is 112 cm³/mol. The van der Waals surface area contributed by atoms with Crippen LogP contribution in [0.4, 0.5) is 0 Å². The molecule has 0 N–H and O–H groups in total. The summed E-state index contributed by atoms with van der Waals surface area (Å²) in [5, 5.41) is 0. The minimum absolute atomic E-state index is 0.0906. The molecule has 4 nitrogen and oxygen atoms in total. The molecule has 0 spiro atoms. The highest BCUT2D eigenvalue weighted by atomic mass is 32.2. The molecule has 0 bridgehead atoms. The molecule has 0 radical (unpaired) electrons. The van der Waals surface area contributed by atoms with Crippen molar-refractivity contribution in [2.45, 2.75) is 19.4 Å². The number of aryl methyl sites for hydroxylation is 1. The Bertz CT molecular complexity index is 573. The van der Waals surface area contributed by atoms with Gasteiger partial charge in [0.2, 0.25) is 0 Å². The molecule has 0 aliphatic carbocycles. The van der Waals surface area contributed by atoms with Gasteiger partial charge in [-0.2, -0.15) is 23.5 Å². The van der Waals surface area contributed by atoms with Crippen LogP contribution in [0.2, 0.25) is 0 Å². The first-order chi connectivity index (χ1) is 12.9. The second-order valence-corrected chi connectivity index (χ2v) is 8.19. The van der Waals surface area contributed by atoms with Crippen LogP contribution in [0.15, 0.2) is 48.8 Å². The maximum atomic E-state index is 5.99. The van der Waals surface area contributed by atoms with Crippen molar-refractivity contribution in [1.29, 1.82) is 0 Å². The van der Waals surface area contributed by atoms with Gasteiger partial charge in [-0.05, 0) is 42.2 Å². The third kappa shape index (κ3) is 9.03. The van der Waals surface area contributed by atoms with Crippen LogP contribution >= 0.6 is 23.5 Å². The molecule has 0 aliphatic heterocycles. The van der Waals surface area contributed by atoms with Crippen molar-refractivity contribution in [2.24, 2.45) is 0 Å². The van der Waals surface area contributed by atoms with E-state index in [-0.39, 0.29) is 6.10 Å². The summed E-state index contributed by atoms with van der Waals surface area (Å²) in [6, 6.07) is 12.0. The van der Waals surface area contributed by atoms with Gasteiger partial charge in [0.15, 0.2) is 0 Å². The van der Waals surface area contributed by atoms with Crippen molar-refractivity contribution >= 4 is 23.5 Å². The third-order valence-corrected chi connectivity index (χ3v) is 5.45. The molecule has 2 aromatic heterocycles. The first-order valence-electron chi connectivity index (χ1n) is 9.05. The lowest BCUT2D eigenvalue weighted by Gasteiger charge is -2.17. The average Bonchev–Trinajstić information content (AvgIpc) is 2.70. The number of rotatable bonds is 14. The highest BCUT2D eigenvalue weighted by Gasteiger charge is 2.13. The van der Waals surface area contributed by atoms with Gasteiger partial charge in [0.25, 0.3) is 0 Å². The summed E-state index contributed by atoms with van der Waals surface area (Å²) in [4.78, 5) is 8.76. The Hall–Kier alpha value is -1.08. The van der Waals surface area contributed by atoms with Gasteiger partial charge >= 0.3 is 0 Å². The number of nitrogens with zero attached hydrogens (tertiary/aromatic N) is 2. The minimum Gasteiger partial charge on any atom is -0.377 e. The molecule has 2 heterocycles. The SMILES string of the molecule is CCSCCOC(COCCSCCc1ccccn1)c1ccccn1. The van der Waals surface area contributed by atoms with Crippen LogP contribution < -0.4 is 0 Å². The van der Waals surface area contributed by atoms with Crippen molar-refractivity contribution < 1.29 is 9.47 Å². The molecule has 1 unspecified atom stereocenters. The molecule has 0 fully saturated rings. The molecule has 1 atom stereocenters. The number of thioether (sulfide) groups is 2. The Morgan fingerprint density at radius 3 is 2.46 bits per heavy atom. The molecule has 26 heavy (non-hydrogen) atoms. The fourth-order valence-corrected chi connectivity index (χ4v) is 3.61. The van der Waals surface area contributed by atoms with Crippen LogP contribution in [-0.4, -0.2) is 52.8 Å². The van der Waals surface area contributed by atoms with Gasteiger partial charge in [0.05, 0.1) is 25.5 Å². The van der Waals surface area contributed by atoms with Crippen molar-refractivity contribution in [3.63, 3.8) is 0 Å². The molecule has 0 saturated heterocycles. The summed E-state index contributed by atoms with van der Waals surface area (Å²) in [5.41, 5.74) is 2.09. The topological polar surface area (TPSA) is 44.2 Å². The quantitative estimate of drug-likeness (QED) is 0.447. The minimum atomic E-state index is -0.0906. The average molecular weight is 393 g/mol. The fourth-order valence-electron chi connectivity index (χ4n) is 2.31. The van der Waals surface area contributed by atoms with Gasteiger partial charge in [-0.1, -0.05) is 19.1 Å². The Kier molecular flexibility index (Phi) is 11.5. The summed E-state index contributed by atoms with van der Waals surface area (Å²) in [7, 11) is 0. The van der Waals surface area contributed by atoms with Crippen molar-refractivity contribution in [2.75, 3.05) is 42.8 Å². The maximum absolute atomic E-state index is 5.99. The number of hydrogen-bond donors (Lipinski definition) is 0. The van der Waals surface area contributed by atoms with E-state index < -0.39 is 0 Å². The van der Waals surface area contributed by atoms with Crippen molar-refractivity contribution in [3.8, 4) is 0 Å². The van der Waals surface area contributed by atoms with Gasteiger partial charge in [0.1, 0.15) is 6.10 Å². The van der Waals surface area contributed by atoms with E-state index in [1.807, 2.05) is 60.1 Å². The number of ether oxygens (including phenoxy) is 2. The second kappa shape index (κ2) is 14.0. The molecule has 0 amide bonds. The molecule has 142 valence electrons. The molecule has 6 heteroatoms. The smallest absolute Gasteiger partial charge is 0.123 e. The monoisotopic (exact) mass is 392 g/mol. The zero-order chi connectivity index (χ0) is 18.3. The van der Waals surface area contributed by atoms with E-state index in [9.17, 15) is 0 Å². The van der Waals surface area contributed by atoms with E-state index in [0.717, 1.165) is 54.0 Å². The van der Waals surface area contributed by atoms with E-state index in [1.165, 1.54) is 0 Å². The van der Waals surface area contributed by atoms with Crippen LogP contribution in [0.25, 0.3) is 0 Å². The van der Waals surface area contributed by atoms with E-state index in [1.54, 1.807) is 6.20 Å². The van der Waals surface area contributed by atoms with Gasteiger partial charge in [0, 0.05) is 29.6 Å². The van der Waals surface area contributed by atoms with E-state index in [4.69, 9.17) is 9.47 Å². The van der Waals surface area contributed by atoms with Crippen LogP contribution in [0.5, 0.6) is 0 Å². The Morgan fingerprint density at radius 1 is 0.923 bits per heavy atom. The molecule has 2 rings (SSSR count). The van der Waals surface area contributed by atoms with Gasteiger partial charge < -0.3 is 9.47 Å². The Balaban J connectivity index is 1.61. The summed E-state index contributed by atoms with van der Waals surface area (Å²) in [6.45, 7) is 4.16. The fraction of sp³-hybridized carbons (Fsp3) is 0.500. The summed E-state index contributed by atoms with van der Waals surface area (Å²) in [5.74, 6) is 4.16. The van der Waals surface area contributed by atoms with Crippen LogP contribution in [0.3, 0.4) is 0 Å². The summed E-state index contributed by atoms with van der Waals surface area (Å²) >= 11 is 3.78. The van der Waals surface area contributed by atoms with E-state index >= 15 is 0 Å². The largest absolute Gasteiger partial charge is 0.377 e. The molecular weight excluding hydrogens is 364 g/mol. The molecule has 0 saturated carbocycles. The van der Waals surface area contributed by atoms with Gasteiger partial charge in [-0.25, -0.2) is 0 Å². The highest BCUT2D eigenvalue weighted by Crippen LogP contribution is 2.16. The molecule has 0 aromatic carbocycles. The zero-order valence-electron chi connectivity index (χ0n) is 15.4. The first kappa shape index (κ1) is 21.2.